The fraction of sp³-hybridized carbons (Fsp3) is 0.333. The van der Waals surface area contributed by atoms with Crippen LogP contribution in [0.25, 0.3) is 0 Å². The zero-order chi connectivity index (χ0) is 15.8. The number of halogens is 4. The first-order chi connectivity index (χ1) is 8.83. The van der Waals surface area contributed by atoms with E-state index in [1.165, 1.54) is 0 Å². The molecule has 0 unspecified atom stereocenters. The molecule has 0 saturated heterocycles. The van der Waals surface area contributed by atoms with Crippen LogP contribution in [0.2, 0.25) is 0 Å². The van der Waals surface area contributed by atoms with Crippen LogP contribution in [-0.2, 0) is 26.0 Å². The van der Waals surface area contributed by atoms with Gasteiger partial charge in [-0.2, -0.15) is 13.2 Å². The maximum Gasteiger partial charge on any atom is 0.417 e. The summed E-state index contributed by atoms with van der Waals surface area (Å²) in [6.07, 6.45) is -4.88. The lowest BCUT2D eigenvalue weighted by molar-refractivity contribution is -0.139. The second kappa shape index (κ2) is 5.62. The molecule has 0 amide bonds. The molecule has 1 rings (SSSR count). The van der Waals surface area contributed by atoms with Crippen molar-refractivity contribution >= 4 is 35.8 Å². The third-order valence-electron chi connectivity index (χ3n) is 2.22. The first-order valence-corrected chi connectivity index (χ1v) is 9.09. The van der Waals surface area contributed by atoms with Crippen molar-refractivity contribution < 1.29 is 30.0 Å². The molecule has 20 heavy (non-hydrogen) atoms. The number of hydrogen-bond acceptors (Lipinski definition) is 4. The molecule has 0 atom stereocenters. The van der Waals surface area contributed by atoms with Crippen molar-refractivity contribution in [2.75, 3.05) is 11.5 Å². The van der Waals surface area contributed by atoms with Crippen LogP contribution in [0.15, 0.2) is 27.6 Å². The Morgan fingerprint density at radius 3 is 2.10 bits per heavy atom. The molecule has 0 aromatic heterocycles. The Kier molecular flexibility index (Phi) is 4.89. The molecule has 0 spiro atoms. The second-order valence-electron chi connectivity index (χ2n) is 3.82. The summed E-state index contributed by atoms with van der Waals surface area (Å²) in [6.45, 7) is 0. The summed E-state index contributed by atoms with van der Waals surface area (Å²) in [6, 6.07) is 2.51. The minimum atomic E-state index is -4.88. The van der Waals surface area contributed by atoms with E-state index in [9.17, 15) is 30.0 Å². The number of sulfonamides is 1. The van der Waals surface area contributed by atoms with E-state index in [4.69, 9.17) is 0 Å². The summed E-state index contributed by atoms with van der Waals surface area (Å²) < 4.78 is 83.6. The maximum absolute atomic E-state index is 12.8. The molecule has 0 aliphatic rings. The predicted molar refractivity (Wildman–Crippen MR) is 69.2 cm³/mol. The molecule has 0 radical (unpaired) electrons. The Balaban J connectivity index is 3.32. The Hall–Kier alpha value is -0.650. The van der Waals surface area contributed by atoms with Crippen LogP contribution in [0.4, 0.5) is 13.2 Å². The number of alkyl halides is 3. The van der Waals surface area contributed by atoms with Gasteiger partial charge in [-0.3, -0.25) is 0 Å². The van der Waals surface area contributed by atoms with Gasteiger partial charge in [0.05, 0.1) is 22.0 Å². The summed E-state index contributed by atoms with van der Waals surface area (Å²) in [5.74, 6) is -1.97. The van der Waals surface area contributed by atoms with Crippen LogP contribution >= 0.6 is 15.9 Å². The quantitative estimate of drug-likeness (QED) is 0.835. The SMILES string of the molecule is NS(=O)(=O)CCS(=O)(=O)c1ccc(Br)cc1C(F)(F)F. The van der Waals surface area contributed by atoms with Gasteiger partial charge in [-0.05, 0) is 18.2 Å². The van der Waals surface area contributed by atoms with Crippen molar-refractivity contribution in [3.05, 3.63) is 28.2 Å². The summed E-state index contributed by atoms with van der Waals surface area (Å²) in [5.41, 5.74) is -1.36. The standard InChI is InChI=1S/C9H9BrF3NO4S2/c10-6-1-2-8(7(5-6)9(11,12)13)19(15,16)3-4-20(14,17)18/h1-2,5H,3-4H2,(H2,14,17,18). The van der Waals surface area contributed by atoms with Gasteiger partial charge in [0.15, 0.2) is 9.84 Å². The first kappa shape index (κ1) is 17.4. The molecule has 11 heteroatoms. The predicted octanol–water partition coefficient (Wildman–Crippen LogP) is 1.53. The molecule has 2 N–H and O–H groups in total. The smallest absolute Gasteiger partial charge is 0.229 e. The van der Waals surface area contributed by atoms with Gasteiger partial charge in [0.25, 0.3) is 0 Å². The normalized spacial score (nSPS) is 13.4. The van der Waals surface area contributed by atoms with E-state index in [-0.39, 0.29) is 4.47 Å². The van der Waals surface area contributed by atoms with Crippen molar-refractivity contribution in [3.63, 3.8) is 0 Å². The van der Waals surface area contributed by atoms with Gasteiger partial charge in [-0.1, -0.05) is 15.9 Å². The minimum absolute atomic E-state index is 0.0511. The van der Waals surface area contributed by atoms with Gasteiger partial charge in [-0.15, -0.1) is 0 Å². The van der Waals surface area contributed by atoms with Crippen molar-refractivity contribution in [2.45, 2.75) is 11.1 Å². The zero-order valence-electron chi connectivity index (χ0n) is 9.68. The summed E-state index contributed by atoms with van der Waals surface area (Å²) >= 11 is 2.82. The summed E-state index contributed by atoms with van der Waals surface area (Å²) in [5, 5.41) is 4.65. The fourth-order valence-corrected chi connectivity index (χ4v) is 4.50. The Bertz CT molecular complexity index is 713. The monoisotopic (exact) mass is 395 g/mol. The molecule has 0 heterocycles. The van der Waals surface area contributed by atoms with Crippen molar-refractivity contribution in [3.8, 4) is 0 Å². The number of benzene rings is 1. The Labute approximate surface area is 122 Å². The van der Waals surface area contributed by atoms with Crippen LogP contribution in [0.5, 0.6) is 0 Å². The molecule has 114 valence electrons. The van der Waals surface area contributed by atoms with Crippen LogP contribution < -0.4 is 5.14 Å². The number of sulfone groups is 1. The number of rotatable bonds is 4. The molecule has 1 aromatic rings. The highest BCUT2D eigenvalue weighted by Crippen LogP contribution is 2.36. The van der Waals surface area contributed by atoms with E-state index < -0.39 is 48.0 Å². The highest BCUT2D eigenvalue weighted by Gasteiger charge is 2.37. The van der Waals surface area contributed by atoms with E-state index >= 15 is 0 Å². The van der Waals surface area contributed by atoms with Gasteiger partial charge < -0.3 is 0 Å². The zero-order valence-corrected chi connectivity index (χ0v) is 12.9. The van der Waals surface area contributed by atoms with Gasteiger partial charge in [0.1, 0.15) is 0 Å². The van der Waals surface area contributed by atoms with Gasteiger partial charge in [0.2, 0.25) is 10.0 Å². The number of hydrogen-bond donors (Lipinski definition) is 1. The second-order valence-corrected chi connectivity index (χ2v) is 8.55. The highest BCUT2D eigenvalue weighted by molar-refractivity contribution is 9.10. The van der Waals surface area contributed by atoms with E-state index in [1.807, 2.05) is 0 Å². The first-order valence-electron chi connectivity index (χ1n) is 4.93. The van der Waals surface area contributed by atoms with Gasteiger partial charge >= 0.3 is 6.18 Å². The molecule has 5 nitrogen and oxygen atoms in total. The fourth-order valence-electron chi connectivity index (χ4n) is 1.33. The number of nitrogens with two attached hydrogens (primary N) is 1. The molecule has 1 aromatic carbocycles. The Morgan fingerprint density at radius 1 is 1.10 bits per heavy atom. The Morgan fingerprint density at radius 2 is 1.65 bits per heavy atom. The van der Waals surface area contributed by atoms with E-state index in [0.717, 1.165) is 12.1 Å². The lowest BCUT2D eigenvalue weighted by atomic mass is 10.2. The maximum atomic E-state index is 12.8. The van der Waals surface area contributed by atoms with Crippen LogP contribution in [0.1, 0.15) is 5.56 Å². The van der Waals surface area contributed by atoms with Crippen LogP contribution in [-0.4, -0.2) is 28.3 Å². The van der Waals surface area contributed by atoms with Crippen molar-refractivity contribution in [1.82, 2.24) is 0 Å². The average Bonchev–Trinajstić information content (AvgIpc) is 2.24. The number of primary sulfonamides is 1. The topological polar surface area (TPSA) is 94.3 Å². The lowest BCUT2D eigenvalue weighted by Crippen LogP contribution is -2.24. The van der Waals surface area contributed by atoms with Gasteiger partial charge in [0, 0.05) is 4.47 Å². The molecule has 0 saturated carbocycles. The third-order valence-corrected chi connectivity index (χ3v) is 5.51. The van der Waals surface area contributed by atoms with Crippen LogP contribution in [0.3, 0.4) is 0 Å². The van der Waals surface area contributed by atoms with E-state index in [0.29, 0.717) is 6.07 Å². The summed E-state index contributed by atoms with van der Waals surface area (Å²) in [7, 11) is -8.52. The largest absolute Gasteiger partial charge is 0.417 e. The average molecular weight is 396 g/mol. The summed E-state index contributed by atoms with van der Waals surface area (Å²) in [4.78, 5) is -0.975. The minimum Gasteiger partial charge on any atom is -0.229 e. The molecular formula is C9H9BrF3NO4S2. The van der Waals surface area contributed by atoms with E-state index in [2.05, 4.69) is 21.1 Å². The van der Waals surface area contributed by atoms with Crippen molar-refractivity contribution in [1.29, 1.82) is 0 Å². The molecular weight excluding hydrogens is 387 g/mol. The highest BCUT2D eigenvalue weighted by atomic mass is 79.9. The van der Waals surface area contributed by atoms with Gasteiger partial charge in [-0.25, -0.2) is 22.0 Å². The lowest BCUT2D eigenvalue weighted by Gasteiger charge is -2.13. The van der Waals surface area contributed by atoms with E-state index in [1.54, 1.807) is 0 Å². The third kappa shape index (κ3) is 4.72. The molecule has 0 aliphatic heterocycles. The van der Waals surface area contributed by atoms with Crippen LogP contribution in [0, 0.1) is 0 Å². The molecule has 0 bridgehead atoms. The molecule has 0 fully saturated rings. The molecule has 0 aliphatic carbocycles. The van der Waals surface area contributed by atoms with Crippen molar-refractivity contribution in [2.24, 2.45) is 5.14 Å².